The molecule has 122 valence electrons. The first-order valence-electron chi connectivity index (χ1n) is 6.96. The number of nitrogens with two attached hydrogens (primary N) is 1. The quantitative estimate of drug-likeness (QED) is 0.810. The summed E-state index contributed by atoms with van der Waals surface area (Å²) in [6, 6.07) is 3.33. The maximum Gasteiger partial charge on any atom is 0.289 e. The van der Waals surface area contributed by atoms with Crippen molar-refractivity contribution < 1.29 is 14.0 Å². The molecule has 0 atom stereocenters. The van der Waals surface area contributed by atoms with Crippen molar-refractivity contribution in [3.63, 3.8) is 0 Å². The molecule has 10 heteroatoms. The minimum atomic E-state index is -0.138. The lowest BCUT2D eigenvalue weighted by atomic mass is 10.3. The van der Waals surface area contributed by atoms with Crippen LogP contribution in [0.1, 0.15) is 10.6 Å². The highest BCUT2D eigenvalue weighted by Crippen LogP contribution is 2.23. The second-order valence-electron chi connectivity index (χ2n) is 4.85. The van der Waals surface area contributed by atoms with Crippen LogP contribution in [0.15, 0.2) is 27.2 Å². The van der Waals surface area contributed by atoms with Crippen LogP contribution in [0.2, 0.25) is 0 Å². The molecule has 2 N–H and O–H groups in total. The van der Waals surface area contributed by atoms with Crippen LogP contribution in [0.5, 0.6) is 0 Å². The summed E-state index contributed by atoms with van der Waals surface area (Å²) in [5, 5.41) is 7.97. The predicted octanol–water partition coefficient (Wildman–Crippen LogP) is 0.790. The Hall–Kier alpha value is -2.07. The molecule has 2 aromatic rings. The van der Waals surface area contributed by atoms with Gasteiger partial charge in [-0.25, -0.2) is 0 Å². The van der Waals surface area contributed by atoms with Crippen molar-refractivity contribution in [3.05, 3.63) is 24.2 Å². The van der Waals surface area contributed by atoms with Crippen LogP contribution in [-0.4, -0.2) is 63.7 Å². The van der Waals surface area contributed by atoms with Gasteiger partial charge in [0, 0.05) is 26.2 Å². The van der Waals surface area contributed by atoms with E-state index in [1.807, 2.05) is 0 Å². The van der Waals surface area contributed by atoms with Gasteiger partial charge in [-0.15, -0.1) is 10.2 Å². The summed E-state index contributed by atoms with van der Waals surface area (Å²) in [4.78, 5) is 27.8. The van der Waals surface area contributed by atoms with Gasteiger partial charge in [-0.2, -0.15) is 0 Å². The zero-order chi connectivity index (χ0) is 16.2. The smallest absolute Gasteiger partial charge is 0.289 e. The molecule has 23 heavy (non-hydrogen) atoms. The minimum absolute atomic E-state index is 0.0221. The van der Waals surface area contributed by atoms with Gasteiger partial charge >= 0.3 is 0 Å². The van der Waals surface area contributed by atoms with Gasteiger partial charge in [-0.3, -0.25) is 9.59 Å². The zero-order valence-electron chi connectivity index (χ0n) is 12.2. The third-order valence-electron chi connectivity index (χ3n) is 3.39. The predicted molar refractivity (Wildman–Crippen MR) is 86.2 cm³/mol. The maximum absolute atomic E-state index is 12.2. The Morgan fingerprint density at radius 1 is 1.26 bits per heavy atom. The van der Waals surface area contributed by atoms with Crippen molar-refractivity contribution in [2.24, 2.45) is 0 Å². The number of carbonyl (C=O) groups excluding carboxylic acids is 2. The third kappa shape index (κ3) is 3.82. The fraction of sp³-hybridized carbons (Fsp3) is 0.385. The van der Waals surface area contributed by atoms with Crippen LogP contribution in [0, 0.1) is 0 Å². The lowest BCUT2D eigenvalue weighted by Crippen LogP contribution is -2.51. The Morgan fingerprint density at radius 2 is 2.00 bits per heavy atom. The van der Waals surface area contributed by atoms with Gasteiger partial charge in [-0.1, -0.05) is 23.1 Å². The molecule has 1 saturated heterocycles. The molecular weight excluding hydrogens is 338 g/mol. The molecular formula is C13H15N5O3S2. The molecule has 1 fully saturated rings. The number of nitrogen functional groups attached to an aromatic ring is 1. The van der Waals surface area contributed by atoms with Crippen LogP contribution >= 0.6 is 23.1 Å². The van der Waals surface area contributed by atoms with Crippen LogP contribution in [0.4, 0.5) is 5.13 Å². The largest absolute Gasteiger partial charge is 0.459 e. The van der Waals surface area contributed by atoms with Crippen molar-refractivity contribution in [2.45, 2.75) is 4.34 Å². The minimum Gasteiger partial charge on any atom is -0.459 e. The van der Waals surface area contributed by atoms with Crippen molar-refractivity contribution >= 4 is 40.0 Å². The Bertz CT molecular complexity index is 680. The molecule has 0 spiro atoms. The number of amides is 2. The Kier molecular flexibility index (Phi) is 4.82. The molecule has 2 amide bonds. The Balaban J connectivity index is 1.46. The number of hydrogen-bond acceptors (Lipinski definition) is 8. The van der Waals surface area contributed by atoms with Gasteiger partial charge < -0.3 is 20.0 Å². The topological polar surface area (TPSA) is 106 Å². The zero-order valence-corrected chi connectivity index (χ0v) is 13.8. The number of hydrogen-bond donors (Lipinski definition) is 1. The molecule has 8 nitrogen and oxygen atoms in total. The first kappa shape index (κ1) is 15.8. The fourth-order valence-corrected chi connectivity index (χ4v) is 3.75. The number of aromatic nitrogens is 2. The molecule has 2 aromatic heterocycles. The monoisotopic (exact) mass is 353 g/mol. The number of nitrogens with zero attached hydrogens (tertiary/aromatic N) is 4. The van der Waals surface area contributed by atoms with Gasteiger partial charge in [0.1, 0.15) is 0 Å². The molecule has 0 aromatic carbocycles. The fourth-order valence-electron chi connectivity index (χ4n) is 2.21. The number of anilines is 1. The molecule has 0 bridgehead atoms. The van der Waals surface area contributed by atoms with Gasteiger partial charge in [0.15, 0.2) is 10.1 Å². The van der Waals surface area contributed by atoms with E-state index in [9.17, 15) is 9.59 Å². The van der Waals surface area contributed by atoms with Gasteiger partial charge in [-0.05, 0) is 12.1 Å². The standard InChI is InChI=1S/C13H15N5O3S2/c14-12-15-16-13(23-12)22-8-10(19)17-3-5-18(6-4-17)11(20)9-2-1-7-21-9/h1-2,7H,3-6,8H2,(H2,14,15). The lowest BCUT2D eigenvalue weighted by molar-refractivity contribution is -0.129. The van der Waals surface area contributed by atoms with E-state index < -0.39 is 0 Å². The number of furan rings is 1. The second kappa shape index (κ2) is 7.01. The first-order valence-corrected chi connectivity index (χ1v) is 8.76. The SMILES string of the molecule is Nc1nnc(SCC(=O)N2CCN(C(=O)c3ccco3)CC2)s1. The van der Waals surface area contributed by atoms with Crippen molar-refractivity contribution in [1.29, 1.82) is 0 Å². The molecule has 1 aliphatic rings. The average Bonchev–Trinajstić information content (AvgIpc) is 3.24. The van der Waals surface area contributed by atoms with Crippen LogP contribution in [0.3, 0.4) is 0 Å². The first-order chi connectivity index (χ1) is 11.1. The van der Waals surface area contributed by atoms with E-state index >= 15 is 0 Å². The van der Waals surface area contributed by atoms with Crippen molar-refractivity contribution in [3.8, 4) is 0 Å². The van der Waals surface area contributed by atoms with Crippen LogP contribution < -0.4 is 5.73 Å². The lowest BCUT2D eigenvalue weighted by Gasteiger charge is -2.34. The second-order valence-corrected chi connectivity index (χ2v) is 7.08. The maximum atomic E-state index is 12.2. The van der Waals surface area contributed by atoms with E-state index in [4.69, 9.17) is 10.2 Å². The van der Waals surface area contributed by atoms with Crippen LogP contribution in [0.25, 0.3) is 0 Å². The molecule has 1 aliphatic heterocycles. The number of rotatable bonds is 4. The highest BCUT2D eigenvalue weighted by molar-refractivity contribution is 8.01. The number of thioether (sulfide) groups is 1. The highest BCUT2D eigenvalue weighted by atomic mass is 32.2. The van der Waals surface area contributed by atoms with Gasteiger partial charge in [0.2, 0.25) is 11.0 Å². The van der Waals surface area contributed by atoms with Gasteiger partial charge in [0.05, 0.1) is 12.0 Å². The Morgan fingerprint density at radius 3 is 2.61 bits per heavy atom. The van der Waals surface area contributed by atoms with Gasteiger partial charge in [0.25, 0.3) is 5.91 Å². The van der Waals surface area contributed by atoms with Crippen LogP contribution in [-0.2, 0) is 4.79 Å². The third-order valence-corrected chi connectivity index (χ3v) is 5.26. The summed E-state index contributed by atoms with van der Waals surface area (Å²) in [6.07, 6.45) is 1.48. The van der Waals surface area contributed by atoms with Crippen molar-refractivity contribution in [2.75, 3.05) is 37.7 Å². The summed E-state index contributed by atoms with van der Waals surface area (Å²) >= 11 is 2.59. The summed E-state index contributed by atoms with van der Waals surface area (Å²) in [6.45, 7) is 2.04. The van der Waals surface area contributed by atoms with E-state index in [-0.39, 0.29) is 11.8 Å². The summed E-state index contributed by atoms with van der Waals surface area (Å²) in [5.41, 5.74) is 5.50. The van der Waals surface area contributed by atoms with E-state index in [1.165, 1.54) is 29.4 Å². The number of piperazine rings is 1. The highest BCUT2D eigenvalue weighted by Gasteiger charge is 2.26. The van der Waals surface area contributed by atoms with Crippen molar-refractivity contribution in [1.82, 2.24) is 20.0 Å². The molecule has 0 aliphatic carbocycles. The Labute approximate surface area is 140 Å². The van der Waals surface area contributed by atoms with E-state index in [1.54, 1.807) is 21.9 Å². The normalized spacial score (nSPS) is 15.0. The molecule has 0 saturated carbocycles. The summed E-state index contributed by atoms with van der Waals surface area (Å²) in [5.74, 6) is 0.504. The molecule has 3 rings (SSSR count). The van der Waals surface area contributed by atoms with E-state index in [0.717, 1.165) is 0 Å². The molecule has 3 heterocycles. The number of carbonyl (C=O) groups is 2. The molecule has 0 radical (unpaired) electrons. The molecule has 0 unspecified atom stereocenters. The average molecular weight is 353 g/mol. The summed E-state index contributed by atoms with van der Waals surface area (Å²) in [7, 11) is 0. The van der Waals surface area contributed by atoms with E-state index in [2.05, 4.69) is 10.2 Å². The van der Waals surface area contributed by atoms with E-state index in [0.29, 0.717) is 47.2 Å². The summed E-state index contributed by atoms with van der Waals surface area (Å²) < 4.78 is 5.80.